The highest BCUT2D eigenvalue weighted by molar-refractivity contribution is 9.10. The van der Waals surface area contributed by atoms with Crippen LogP contribution in [0.5, 0.6) is 0 Å². The van der Waals surface area contributed by atoms with Crippen LogP contribution in [0.3, 0.4) is 0 Å². The van der Waals surface area contributed by atoms with Crippen molar-refractivity contribution in [2.24, 2.45) is 0 Å². The van der Waals surface area contributed by atoms with Gasteiger partial charge in [0.1, 0.15) is 11.4 Å². The molecule has 88 valence electrons. The van der Waals surface area contributed by atoms with E-state index in [1.807, 2.05) is 6.07 Å². The van der Waals surface area contributed by atoms with Gasteiger partial charge in [-0.15, -0.1) is 0 Å². The lowest BCUT2D eigenvalue weighted by molar-refractivity contribution is -0.386. The van der Waals surface area contributed by atoms with E-state index < -0.39 is 4.92 Å². The van der Waals surface area contributed by atoms with Gasteiger partial charge in [-0.2, -0.15) is 5.10 Å². The van der Waals surface area contributed by atoms with E-state index >= 15 is 0 Å². The molecule has 2 rings (SSSR count). The Kier molecular flexibility index (Phi) is 2.93. The van der Waals surface area contributed by atoms with Crippen molar-refractivity contribution >= 4 is 21.6 Å². The van der Waals surface area contributed by atoms with Crippen molar-refractivity contribution in [2.75, 3.05) is 0 Å². The molecule has 0 aliphatic carbocycles. The van der Waals surface area contributed by atoms with E-state index in [4.69, 9.17) is 0 Å². The molecule has 0 fully saturated rings. The molecule has 17 heavy (non-hydrogen) atoms. The average Bonchev–Trinajstić information content (AvgIpc) is 2.55. The molecule has 2 aromatic rings. The van der Waals surface area contributed by atoms with Crippen molar-refractivity contribution in [3.63, 3.8) is 0 Å². The molecule has 0 bridgehead atoms. The normalized spacial score (nSPS) is 10.5. The van der Waals surface area contributed by atoms with E-state index in [1.54, 1.807) is 26.1 Å². The summed E-state index contributed by atoms with van der Waals surface area (Å²) < 4.78 is 2.32. The van der Waals surface area contributed by atoms with Crippen LogP contribution >= 0.6 is 15.9 Å². The molecule has 2 aromatic heterocycles. The maximum Gasteiger partial charge on any atom is 0.313 e. The Balaban J connectivity index is 2.57. The van der Waals surface area contributed by atoms with Gasteiger partial charge in [-0.3, -0.25) is 10.1 Å². The first-order chi connectivity index (χ1) is 8.00. The minimum atomic E-state index is -0.424. The smallest absolute Gasteiger partial charge is 0.258 e. The zero-order valence-corrected chi connectivity index (χ0v) is 10.8. The Bertz CT molecular complexity index is 577. The molecule has 0 saturated heterocycles. The number of hydrogen-bond donors (Lipinski definition) is 0. The number of nitro groups is 1. The minimum absolute atomic E-state index is 0.0368. The summed E-state index contributed by atoms with van der Waals surface area (Å²) in [6.07, 6.45) is 1.62. The van der Waals surface area contributed by atoms with Gasteiger partial charge in [0, 0.05) is 10.7 Å². The van der Waals surface area contributed by atoms with Crippen molar-refractivity contribution in [3.05, 3.63) is 44.3 Å². The van der Waals surface area contributed by atoms with Crippen LogP contribution in [-0.4, -0.2) is 19.7 Å². The molecular formula is C10H9BrN4O2. The van der Waals surface area contributed by atoms with Crippen LogP contribution in [0, 0.1) is 24.0 Å². The maximum absolute atomic E-state index is 10.9. The molecule has 6 nitrogen and oxygen atoms in total. The monoisotopic (exact) mass is 296 g/mol. The fourth-order valence-electron chi connectivity index (χ4n) is 1.62. The summed E-state index contributed by atoms with van der Waals surface area (Å²) in [5, 5.41) is 15.0. The van der Waals surface area contributed by atoms with Gasteiger partial charge in [0.25, 0.3) is 0 Å². The molecule has 0 radical (unpaired) electrons. The van der Waals surface area contributed by atoms with Gasteiger partial charge in [-0.1, -0.05) is 0 Å². The van der Waals surface area contributed by atoms with E-state index in [2.05, 4.69) is 26.0 Å². The van der Waals surface area contributed by atoms with Crippen molar-refractivity contribution < 1.29 is 4.92 Å². The van der Waals surface area contributed by atoms with Crippen molar-refractivity contribution in [1.29, 1.82) is 0 Å². The quantitative estimate of drug-likeness (QED) is 0.630. The largest absolute Gasteiger partial charge is 0.313 e. The maximum atomic E-state index is 10.9. The third-order valence-corrected chi connectivity index (χ3v) is 2.83. The molecule has 7 heteroatoms. The molecule has 0 aliphatic heterocycles. The molecule has 0 aliphatic rings. The fraction of sp³-hybridized carbons (Fsp3) is 0.200. The summed E-state index contributed by atoms with van der Waals surface area (Å²) in [6, 6.07) is 3.55. The predicted octanol–water partition coefficient (Wildman–Crippen LogP) is 2.55. The summed E-state index contributed by atoms with van der Waals surface area (Å²) in [5.74, 6) is 0.557. The summed E-state index contributed by atoms with van der Waals surface area (Å²) in [7, 11) is 0. The molecule has 2 heterocycles. The molecule has 0 spiro atoms. The molecular weight excluding hydrogens is 288 g/mol. The van der Waals surface area contributed by atoms with Gasteiger partial charge in [-0.05, 0) is 41.9 Å². The predicted molar refractivity (Wildman–Crippen MR) is 65.2 cm³/mol. The lowest BCUT2D eigenvalue weighted by Gasteiger charge is -2.01. The number of aryl methyl sites for hydroxylation is 1. The van der Waals surface area contributed by atoms with E-state index in [-0.39, 0.29) is 5.69 Å². The first kappa shape index (κ1) is 11.7. The summed E-state index contributed by atoms with van der Waals surface area (Å²) in [4.78, 5) is 14.6. The highest BCUT2D eigenvalue weighted by Crippen LogP contribution is 2.24. The summed E-state index contributed by atoms with van der Waals surface area (Å²) in [6.45, 7) is 3.27. The van der Waals surface area contributed by atoms with Gasteiger partial charge in [0.2, 0.25) is 0 Å². The zero-order chi connectivity index (χ0) is 12.6. The van der Waals surface area contributed by atoms with E-state index in [0.29, 0.717) is 17.2 Å². The third-order valence-electron chi connectivity index (χ3n) is 2.36. The molecule has 0 aromatic carbocycles. The summed E-state index contributed by atoms with van der Waals surface area (Å²) >= 11 is 3.28. The van der Waals surface area contributed by atoms with Crippen LogP contribution in [-0.2, 0) is 0 Å². The molecule has 0 unspecified atom stereocenters. The van der Waals surface area contributed by atoms with Crippen LogP contribution in [0.2, 0.25) is 0 Å². The number of hydrogen-bond acceptors (Lipinski definition) is 4. The Morgan fingerprint density at radius 1 is 1.41 bits per heavy atom. The lowest BCUT2D eigenvalue weighted by Crippen LogP contribution is -2.01. The average molecular weight is 297 g/mol. The van der Waals surface area contributed by atoms with Crippen molar-refractivity contribution in [3.8, 4) is 5.82 Å². The van der Waals surface area contributed by atoms with Crippen LogP contribution in [0.1, 0.15) is 11.4 Å². The highest BCUT2D eigenvalue weighted by Gasteiger charge is 2.22. The molecule has 0 amide bonds. The van der Waals surface area contributed by atoms with E-state index in [9.17, 15) is 10.1 Å². The Morgan fingerprint density at radius 3 is 2.59 bits per heavy atom. The molecule has 0 N–H and O–H groups in total. The number of aromatic nitrogens is 3. The van der Waals surface area contributed by atoms with Crippen molar-refractivity contribution in [1.82, 2.24) is 14.8 Å². The molecule has 0 saturated carbocycles. The molecule has 0 atom stereocenters. The van der Waals surface area contributed by atoms with Crippen LogP contribution < -0.4 is 0 Å². The number of rotatable bonds is 2. The Morgan fingerprint density at radius 2 is 2.12 bits per heavy atom. The third kappa shape index (κ3) is 2.05. The number of halogens is 1. The van der Waals surface area contributed by atoms with E-state index in [0.717, 1.165) is 4.47 Å². The second kappa shape index (κ2) is 4.25. The van der Waals surface area contributed by atoms with Gasteiger partial charge in [-0.25, -0.2) is 9.67 Å². The topological polar surface area (TPSA) is 73.8 Å². The Hall–Kier alpha value is -1.76. The van der Waals surface area contributed by atoms with Crippen LogP contribution in [0.4, 0.5) is 5.69 Å². The lowest BCUT2D eigenvalue weighted by atomic mass is 10.3. The van der Waals surface area contributed by atoms with Crippen LogP contribution in [0.25, 0.3) is 5.82 Å². The van der Waals surface area contributed by atoms with Crippen LogP contribution in [0.15, 0.2) is 22.8 Å². The first-order valence-electron chi connectivity index (χ1n) is 4.83. The van der Waals surface area contributed by atoms with Gasteiger partial charge >= 0.3 is 5.69 Å². The zero-order valence-electron chi connectivity index (χ0n) is 9.22. The van der Waals surface area contributed by atoms with E-state index in [1.165, 1.54) is 4.68 Å². The van der Waals surface area contributed by atoms with Gasteiger partial charge in [0.15, 0.2) is 5.82 Å². The number of pyridine rings is 1. The van der Waals surface area contributed by atoms with Gasteiger partial charge < -0.3 is 0 Å². The second-order valence-electron chi connectivity index (χ2n) is 3.52. The SMILES string of the molecule is Cc1nn(-c2ccc(Br)cn2)c(C)c1[N+](=O)[O-]. The van der Waals surface area contributed by atoms with Crippen molar-refractivity contribution in [2.45, 2.75) is 13.8 Å². The summed E-state index contributed by atoms with van der Waals surface area (Å²) in [5.41, 5.74) is 0.897. The standard InChI is InChI=1S/C10H9BrN4O2/c1-6-10(15(16)17)7(2)14(13-6)9-4-3-8(11)5-12-9/h3-5H,1-2H3. The van der Waals surface area contributed by atoms with Gasteiger partial charge in [0.05, 0.1) is 4.92 Å². The fourth-order valence-corrected chi connectivity index (χ4v) is 1.85. The number of nitrogens with zero attached hydrogens (tertiary/aromatic N) is 4. The Labute approximate surface area is 106 Å². The highest BCUT2D eigenvalue weighted by atomic mass is 79.9. The first-order valence-corrected chi connectivity index (χ1v) is 5.62. The minimum Gasteiger partial charge on any atom is -0.258 e. The second-order valence-corrected chi connectivity index (χ2v) is 4.44.